The summed E-state index contributed by atoms with van der Waals surface area (Å²) in [5.41, 5.74) is 6.90. The smallest absolute Gasteiger partial charge is 0.239 e. The maximum atomic E-state index is 12.5. The summed E-state index contributed by atoms with van der Waals surface area (Å²) >= 11 is 1.72. The van der Waals surface area contributed by atoms with Gasteiger partial charge in [-0.1, -0.05) is 6.07 Å². The van der Waals surface area contributed by atoms with Crippen LogP contribution < -0.4 is 5.73 Å². The van der Waals surface area contributed by atoms with Gasteiger partial charge >= 0.3 is 0 Å². The lowest BCUT2D eigenvalue weighted by molar-refractivity contribution is -0.133. The fourth-order valence-corrected chi connectivity index (χ4v) is 3.62. The molecule has 0 spiro atoms. The van der Waals surface area contributed by atoms with Crippen LogP contribution in [0.5, 0.6) is 0 Å². The van der Waals surface area contributed by atoms with E-state index in [1.54, 1.807) is 11.8 Å². The molecule has 2 aromatic rings. The van der Waals surface area contributed by atoms with Gasteiger partial charge in [-0.2, -0.15) is 11.8 Å². The number of aromatic nitrogens is 3. The lowest BCUT2D eigenvalue weighted by atomic mass is 9.96. The van der Waals surface area contributed by atoms with Crippen LogP contribution in [0.4, 0.5) is 0 Å². The lowest BCUT2D eigenvalue weighted by Gasteiger charge is -2.33. The average Bonchev–Trinajstić information content (AvgIpc) is 3.03. The summed E-state index contributed by atoms with van der Waals surface area (Å²) < 4.78 is 2.02. The number of rotatable bonds is 5. The molecule has 1 amide bonds. The summed E-state index contributed by atoms with van der Waals surface area (Å²) in [7, 11) is 0. The number of hydrogen-bond acceptors (Lipinski definition) is 5. The Kier molecular flexibility index (Phi) is 5.17. The highest BCUT2D eigenvalue weighted by Gasteiger charge is 2.29. The van der Waals surface area contributed by atoms with Crippen LogP contribution in [0.15, 0.2) is 24.4 Å². The Morgan fingerprint density at radius 1 is 1.48 bits per heavy atom. The van der Waals surface area contributed by atoms with Crippen molar-refractivity contribution in [2.24, 2.45) is 5.73 Å². The molecule has 7 heteroatoms. The second-order valence-electron chi connectivity index (χ2n) is 6.00. The summed E-state index contributed by atoms with van der Waals surface area (Å²) in [5, 5.41) is 8.57. The van der Waals surface area contributed by atoms with E-state index in [0.717, 1.165) is 43.0 Å². The van der Waals surface area contributed by atoms with E-state index in [4.69, 9.17) is 5.73 Å². The monoisotopic (exact) mass is 333 g/mol. The van der Waals surface area contributed by atoms with E-state index in [2.05, 4.69) is 10.2 Å². The molecule has 2 aromatic heterocycles. The molecular formula is C16H23N5OS. The third-order valence-corrected chi connectivity index (χ3v) is 5.03. The number of hydrogen-bond donors (Lipinski definition) is 1. The molecule has 0 aromatic carbocycles. The van der Waals surface area contributed by atoms with Gasteiger partial charge in [-0.3, -0.25) is 9.20 Å². The first-order chi connectivity index (χ1) is 11.2. The van der Waals surface area contributed by atoms with Crippen LogP contribution in [0.2, 0.25) is 0 Å². The van der Waals surface area contributed by atoms with Crippen molar-refractivity contribution in [3.05, 3.63) is 30.2 Å². The van der Waals surface area contributed by atoms with Crippen molar-refractivity contribution >= 4 is 23.3 Å². The summed E-state index contributed by atoms with van der Waals surface area (Å²) in [6.07, 6.45) is 6.75. The minimum atomic E-state index is -0.392. The van der Waals surface area contributed by atoms with E-state index < -0.39 is 6.04 Å². The molecule has 6 nitrogen and oxygen atoms in total. The number of nitrogens with zero attached hydrogens (tertiary/aromatic N) is 4. The zero-order chi connectivity index (χ0) is 16.2. The van der Waals surface area contributed by atoms with Crippen molar-refractivity contribution in [3.8, 4) is 0 Å². The number of thioether (sulfide) groups is 1. The Labute approximate surface area is 140 Å². The van der Waals surface area contributed by atoms with Crippen molar-refractivity contribution in [2.45, 2.75) is 31.2 Å². The summed E-state index contributed by atoms with van der Waals surface area (Å²) in [4.78, 5) is 14.4. The average molecular weight is 333 g/mol. The number of amides is 1. The predicted molar refractivity (Wildman–Crippen MR) is 92.5 cm³/mol. The van der Waals surface area contributed by atoms with Gasteiger partial charge in [0.2, 0.25) is 5.91 Å². The molecule has 0 bridgehead atoms. The minimum absolute atomic E-state index is 0.0672. The van der Waals surface area contributed by atoms with E-state index in [-0.39, 0.29) is 11.8 Å². The van der Waals surface area contributed by atoms with Gasteiger partial charge in [-0.15, -0.1) is 10.2 Å². The Hall–Kier alpha value is -1.60. The fourth-order valence-electron chi connectivity index (χ4n) is 3.13. The Bertz CT molecular complexity index is 673. The number of carbonyl (C=O) groups excluding carboxylic acids is 1. The zero-order valence-corrected chi connectivity index (χ0v) is 14.2. The van der Waals surface area contributed by atoms with Crippen LogP contribution in [-0.2, 0) is 4.79 Å². The van der Waals surface area contributed by atoms with Gasteiger partial charge in [0.15, 0.2) is 5.65 Å². The van der Waals surface area contributed by atoms with Crippen LogP contribution in [0.1, 0.15) is 31.0 Å². The summed E-state index contributed by atoms with van der Waals surface area (Å²) in [6.45, 7) is 1.47. The molecule has 1 aliphatic heterocycles. The first kappa shape index (κ1) is 16.3. The topological polar surface area (TPSA) is 76.5 Å². The minimum Gasteiger partial charge on any atom is -0.341 e. The van der Waals surface area contributed by atoms with Gasteiger partial charge in [-0.25, -0.2) is 0 Å². The first-order valence-electron chi connectivity index (χ1n) is 8.03. The molecule has 0 unspecified atom stereocenters. The molecule has 2 N–H and O–H groups in total. The molecule has 0 radical (unpaired) electrons. The third kappa shape index (κ3) is 3.50. The second kappa shape index (κ2) is 7.31. The molecule has 1 fully saturated rings. The van der Waals surface area contributed by atoms with E-state index in [0.29, 0.717) is 6.54 Å². The van der Waals surface area contributed by atoms with Crippen molar-refractivity contribution in [1.82, 2.24) is 19.5 Å². The Morgan fingerprint density at radius 2 is 2.35 bits per heavy atom. The number of carbonyl (C=O) groups is 1. The van der Waals surface area contributed by atoms with Crippen LogP contribution in [-0.4, -0.2) is 56.5 Å². The normalized spacial score (nSPS) is 19.9. The summed E-state index contributed by atoms with van der Waals surface area (Å²) in [6, 6.07) is 5.48. The summed E-state index contributed by atoms with van der Waals surface area (Å²) in [5.74, 6) is 2.14. The highest BCUT2D eigenvalue weighted by atomic mass is 32.2. The molecular weight excluding hydrogens is 310 g/mol. The van der Waals surface area contributed by atoms with Gasteiger partial charge in [0.05, 0.1) is 6.04 Å². The van der Waals surface area contributed by atoms with Gasteiger partial charge in [0.25, 0.3) is 0 Å². The molecule has 124 valence electrons. The number of pyridine rings is 1. The van der Waals surface area contributed by atoms with Gasteiger partial charge < -0.3 is 10.6 Å². The Balaban J connectivity index is 1.72. The SMILES string of the molecule is CSCC[C@H](N)C(=O)N1CCC[C@H](c2nnc3ccccn23)C1. The Morgan fingerprint density at radius 3 is 3.17 bits per heavy atom. The number of nitrogens with two attached hydrogens (primary N) is 1. The number of likely N-dealkylation sites (tertiary alicyclic amines) is 1. The molecule has 3 heterocycles. The molecule has 1 aliphatic rings. The largest absolute Gasteiger partial charge is 0.341 e. The quantitative estimate of drug-likeness (QED) is 0.898. The second-order valence-corrected chi connectivity index (χ2v) is 6.98. The van der Waals surface area contributed by atoms with Gasteiger partial charge in [-0.05, 0) is 43.4 Å². The zero-order valence-electron chi connectivity index (χ0n) is 13.4. The lowest BCUT2D eigenvalue weighted by Crippen LogP contribution is -2.48. The number of fused-ring (bicyclic) bond motifs is 1. The van der Waals surface area contributed by atoms with Crippen molar-refractivity contribution in [1.29, 1.82) is 0 Å². The van der Waals surface area contributed by atoms with Gasteiger partial charge in [0, 0.05) is 25.2 Å². The van der Waals surface area contributed by atoms with Crippen LogP contribution in [0.3, 0.4) is 0 Å². The highest BCUT2D eigenvalue weighted by Crippen LogP contribution is 2.26. The molecule has 2 atom stereocenters. The third-order valence-electron chi connectivity index (χ3n) is 4.39. The van der Waals surface area contributed by atoms with Gasteiger partial charge in [0.1, 0.15) is 5.82 Å². The van der Waals surface area contributed by atoms with E-state index >= 15 is 0 Å². The molecule has 0 aliphatic carbocycles. The standard InChI is InChI=1S/C16H23N5OS/c1-23-10-7-13(17)16(22)20-8-4-5-12(11-20)15-19-18-14-6-2-3-9-21(14)15/h2-3,6,9,12-13H,4-5,7-8,10-11,17H2,1H3/t12-,13-/m0/s1. The van der Waals surface area contributed by atoms with Crippen LogP contribution in [0, 0.1) is 0 Å². The van der Waals surface area contributed by atoms with Crippen molar-refractivity contribution in [3.63, 3.8) is 0 Å². The predicted octanol–water partition coefficient (Wildman–Crippen LogP) is 1.52. The molecule has 23 heavy (non-hydrogen) atoms. The molecule has 0 saturated carbocycles. The maximum absolute atomic E-state index is 12.5. The maximum Gasteiger partial charge on any atom is 0.239 e. The van der Waals surface area contributed by atoms with Crippen molar-refractivity contribution < 1.29 is 4.79 Å². The molecule has 1 saturated heterocycles. The number of piperidine rings is 1. The van der Waals surface area contributed by atoms with Crippen LogP contribution >= 0.6 is 11.8 Å². The van der Waals surface area contributed by atoms with E-state index in [1.165, 1.54) is 0 Å². The highest BCUT2D eigenvalue weighted by molar-refractivity contribution is 7.98. The van der Waals surface area contributed by atoms with Crippen molar-refractivity contribution in [2.75, 3.05) is 25.1 Å². The molecule has 3 rings (SSSR count). The fraction of sp³-hybridized carbons (Fsp3) is 0.562. The van der Waals surface area contributed by atoms with E-state index in [9.17, 15) is 4.79 Å². The first-order valence-corrected chi connectivity index (χ1v) is 9.43. The van der Waals surface area contributed by atoms with E-state index in [1.807, 2.05) is 40.0 Å². The van der Waals surface area contributed by atoms with Crippen LogP contribution in [0.25, 0.3) is 5.65 Å².